The highest BCUT2D eigenvalue weighted by Gasteiger charge is 2.19. The van der Waals surface area contributed by atoms with E-state index in [1.807, 2.05) is 67.7 Å². The summed E-state index contributed by atoms with van der Waals surface area (Å²) in [5.74, 6) is 1.01. The lowest BCUT2D eigenvalue weighted by molar-refractivity contribution is 0.798. The molecule has 0 atom stereocenters. The second-order valence-corrected chi connectivity index (χ2v) is 9.11. The Morgan fingerprint density at radius 3 is 2.53 bits per heavy atom. The van der Waals surface area contributed by atoms with Crippen molar-refractivity contribution >= 4 is 28.6 Å². The van der Waals surface area contributed by atoms with E-state index >= 15 is 0 Å². The number of hydrogen-bond acceptors (Lipinski definition) is 6. The quantitative estimate of drug-likeness (QED) is 0.390. The number of rotatable bonds is 5. The first-order valence-electron chi connectivity index (χ1n) is 12.3. The Bertz CT molecular complexity index is 1440. The summed E-state index contributed by atoms with van der Waals surface area (Å²) in [6.45, 7) is 7.27. The van der Waals surface area contributed by atoms with Gasteiger partial charge in [-0.1, -0.05) is 30.3 Å². The molecule has 7 heteroatoms. The number of aromatic amines is 1. The van der Waals surface area contributed by atoms with Gasteiger partial charge in [0.2, 0.25) is 0 Å². The van der Waals surface area contributed by atoms with Crippen LogP contribution in [0.5, 0.6) is 0 Å². The molecule has 0 unspecified atom stereocenters. The molecule has 2 aliphatic heterocycles. The van der Waals surface area contributed by atoms with Gasteiger partial charge < -0.3 is 20.2 Å². The van der Waals surface area contributed by atoms with Crippen LogP contribution in [-0.4, -0.2) is 47.6 Å². The van der Waals surface area contributed by atoms with Crippen LogP contribution >= 0.6 is 0 Å². The Labute approximate surface area is 211 Å². The summed E-state index contributed by atoms with van der Waals surface area (Å²) in [5.41, 5.74) is 5.67. The zero-order valence-electron chi connectivity index (χ0n) is 20.7. The molecule has 182 valence electrons. The molecule has 3 heterocycles. The summed E-state index contributed by atoms with van der Waals surface area (Å²) in [6.07, 6.45) is 2.86. The number of benzene rings is 1. The topological polar surface area (TPSA) is 88.4 Å². The number of nitrogens with zero attached hydrogens (tertiary/aromatic N) is 4. The summed E-state index contributed by atoms with van der Waals surface area (Å²) in [7, 11) is 0. The Balaban J connectivity index is 1.47. The maximum Gasteiger partial charge on any atom is 0.258 e. The average Bonchev–Trinajstić information content (AvgIpc) is 3.07. The van der Waals surface area contributed by atoms with Gasteiger partial charge in [-0.05, 0) is 56.7 Å². The highest BCUT2D eigenvalue weighted by atomic mass is 16.1. The van der Waals surface area contributed by atoms with Crippen LogP contribution in [0.1, 0.15) is 31.4 Å². The highest BCUT2D eigenvalue weighted by Crippen LogP contribution is 2.30. The molecule has 3 aliphatic rings. The monoisotopic (exact) mass is 478 g/mol. The van der Waals surface area contributed by atoms with Crippen molar-refractivity contribution in [2.24, 2.45) is 4.99 Å². The first kappa shape index (κ1) is 23.5. The highest BCUT2D eigenvalue weighted by molar-refractivity contribution is 6.08. The predicted octanol–water partition coefficient (Wildman–Crippen LogP) is 5.12. The van der Waals surface area contributed by atoms with E-state index in [1.54, 1.807) is 6.92 Å². The minimum atomic E-state index is -0.149. The molecule has 0 saturated carbocycles. The van der Waals surface area contributed by atoms with Crippen molar-refractivity contribution in [3.05, 3.63) is 94.4 Å². The zero-order chi connectivity index (χ0) is 25.1. The fourth-order valence-corrected chi connectivity index (χ4v) is 4.85. The third kappa shape index (κ3) is 4.77. The minimum absolute atomic E-state index is 0.149. The number of aromatic nitrogens is 2. The van der Waals surface area contributed by atoms with Gasteiger partial charge in [0.05, 0.1) is 17.0 Å². The third-order valence-electron chi connectivity index (χ3n) is 6.65. The second kappa shape index (κ2) is 10.2. The second-order valence-electron chi connectivity index (χ2n) is 9.11. The Morgan fingerprint density at radius 2 is 1.72 bits per heavy atom. The molecule has 7 nitrogen and oxygen atoms in total. The number of anilines is 2. The molecule has 1 aliphatic carbocycles. The maximum absolute atomic E-state index is 12.8. The van der Waals surface area contributed by atoms with Crippen molar-refractivity contribution in [3.63, 3.8) is 0 Å². The molecule has 36 heavy (non-hydrogen) atoms. The van der Waals surface area contributed by atoms with Crippen LogP contribution in [0, 0.1) is 5.41 Å². The summed E-state index contributed by atoms with van der Waals surface area (Å²) >= 11 is 0. The van der Waals surface area contributed by atoms with E-state index in [1.165, 1.54) is 0 Å². The predicted molar refractivity (Wildman–Crippen MR) is 148 cm³/mol. The van der Waals surface area contributed by atoms with Crippen LogP contribution in [0.2, 0.25) is 0 Å². The fourth-order valence-electron chi connectivity index (χ4n) is 4.85. The van der Waals surface area contributed by atoms with Crippen molar-refractivity contribution in [1.82, 2.24) is 9.97 Å². The van der Waals surface area contributed by atoms with E-state index in [9.17, 15) is 4.79 Å². The van der Waals surface area contributed by atoms with Gasteiger partial charge in [-0.3, -0.25) is 9.79 Å². The van der Waals surface area contributed by atoms with Crippen molar-refractivity contribution < 1.29 is 0 Å². The van der Waals surface area contributed by atoms with E-state index in [-0.39, 0.29) is 5.56 Å². The van der Waals surface area contributed by atoms with E-state index in [4.69, 9.17) is 10.4 Å². The lowest BCUT2D eigenvalue weighted by Gasteiger charge is -2.25. The SMILES string of the molecule is CC(=N)c1ccc(N2CCCN(c3ccccn3)CC2)cc1N=C(C)c1c2cccccc-2[nH]c1=O. The number of aliphatic imine (C=N–C) groups is 1. The summed E-state index contributed by atoms with van der Waals surface area (Å²) in [6, 6.07) is 21.7. The van der Waals surface area contributed by atoms with Gasteiger partial charge in [-0.25, -0.2) is 4.98 Å². The van der Waals surface area contributed by atoms with Gasteiger partial charge in [0.25, 0.3) is 5.56 Å². The first-order valence-corrected chi connectivity index (χ1v) is 12.3. The van der Waals surface area contributed by atoms with Crippen molar-refractivity contribution in [2.75, 3.05) is 36.0 Å². The van der Waals surface area contributed by atoms with Crippen LogP contribution in [-0.2, 0) is 0 Å². The van der Waals surface area contributed by atoms with Gasteiger partial charge in [-0.2, -0.15) is 0 Å². The lowest BCUT2D eigenvalue weighted by atomic mass is 10.1. The van der Waals surface area contributed by atoms with Crippen LogP contribution in [0.3, 0.4) is 0 Å². The van der Waals surface area contributed by atoms with E-state index < -0.39 is 0 Å². The molecule has 1 saturated heterocycles. The molecule has 2 aromatic rings. The number of hydrogen-bond donors (Lipinski definition) is 2. The van der Waals surface area contributed by atoms with Crippen LogP contribution in [0.25, 0.3) is 11.3 Å². The van der Waals surface area contributed by atoms with E-state index in [0.717, 1.165) is 60.9 Å². The summed E-state index contributed by atoms with van der Waals surface area (Å²) in [5, 5.41) is 8.30. The molecular weight excluding hydrogens is 448 g/mol. The largest absolute Gasteiger partial charge is 0.370 e. The number of fused-ring (bicyclic) bond motifs is 1. The molecule has 0 amide bonds. The molecule has 2 N–H and O–H groups in total. The fraction of sp³-hybridized carbons (Fsp3) is 0.241. The van der Waals surface area contributed by atoms with Gasteiger partial charge in [0, 0.05) is 60.6 Å². The van der Waals surface area contributed by atoms with Gasteiger partial charge in [0.1, 0.15) is 5.82 Å². The van der Waals surface area contributed by atoms with E-state index in [2.05, 4.69) is 31.9 Å². The standard InChI is InChI=1S/C29H30N6O/c1-20(30)23-13-12-22(34-15-8-16-35(18-17-34)27-11-6-7-14-31-27)19-26(23)32-21(2)28-24-9-4-3-5-10-25(24)33-29(28)36/h3-7,9-14,19,30H,8,15-18H2,1-2H3,(H,33,36). The zero-order valence-corrected chi connectivity index (χ0v) is 20.7. The molecule has 1 fully saturated rings. The third-order valence-corrected chi connectivity index (χ3v) is 6.65. The molecule has 0 bridgehead atoms. The van der Waals surface area contributed by atoms with Crippen LogP contribution in [0.15, 0.2) is 82.7 Å². The number of pyridine rings is 1. The number of nitrogens with one attached hydrogen (secondary N) is 2. The van der Waals surface area contributed by atoms with Crippen molar-refractivity contribution in [1.29, 1.82) is 5.41 Å². The van der Waals surface area contributed by atoms with Crippen LogP contribution < -0.4 is 15.4 Å². The van der Waals surface area contributed by atoms with Gasteiger partial charge >= 0.3 is 0 Å². The van der Waals surface area contributed by atoms with Gasteiger partial charge in [0.15, 0.2) is 0 Å². The van der Waals surface area contributed by atoms with Gasteiger partial charge in [-0.15, -0.1) is 0 Å². The van der Waals surface area contributed by atoms with Crippen molar-refractivity contribution in [2.45, 2.75) is 20.3 Å². The molecule has 1 aromatic heterocycles. The lowest BCUT2D eigenvalue weighted by Crippen LogP contribution is -2.31. The molecule has 0 radical (unpaired) electrons. The molecule has 1 aromatic carbocycles. The summed E-state index contributed by atoms with van der Waals surface area (Å²) < 4.78 is 0. The van der Waals surface area contributed by atoms with Crippen molar-refractivity contribution in [3.8, 4) is 11.3 Å². The first-order chi connectivity index (χ1) is 17.5. The van der Waals surface area contributed by atoms with E-state index in [0.29, 0.717) is 22.7 Å². The average molecular weight is 479 g/mol. The smallest absolute Gasteiger partial charge is 0.258 e. The molecule has 5 rings (SSSR count). The Morgan fingerprint density at radius 1 is 0.944 bits per heavy atom. The molecular formula is C29H30N6O. The molecule has 0 spiro atoms. The summed E-state index contributed by atoms with van der Waals surface area (Å²) in [4.78, 5) is 29.8. The Kier molecular flexibility index (Phi) is 6.62. The minimum Gasteiger partial charge on any atom is -0.370 e. The Hall–Kier alpha value is -4.26. The number of H-pyrrole nitrogens is 1. The normalized spacial score (nSPS) is 14.7. The van der Waals surface area contributed by atoms with Crippen LogP contribution in [0.4, 0.5) is 17.2 Å². The maximum atomic E-state index is 12.8.